The molecule has 0 aromatic heterocycles. The zero-order chi connectivity index (χ0) is 16.9. The van der Waals surface area contributed by atoms with Gasteiger partial charge >= 0.3 is 0 Å². The molecule has 0 radical (unpaired) electrons. The summed E-state index contributed by atoms with van der Waals surface area (Å²) in [5.41, 5.74) is 1.90. The number of hydrogen-bond donors (Lipinski definition) is 2. The number of rotatable bonds is 3. The van der Waals surface area contributed by atoms with E-state index in [0.717, 1.165) is 44.0 Å². The van der Waals surface area contributed by atoms with Crippen LogP contribution in [0, 0.1) is 5.82 Å². The smallest absolute Gasteiger partial charge is 0.173 e. The Labute approximate surface area is 146 Å². The van der Waals surface area contributed by atoms with Gasteiger partial charge in [-0.1, -0.05) is 12.1 Å². The molecular weight excluding hydrogens is 325 g/mol. The molecule has 1 fully saturated rings. The molecule has 0 unspecified atom stereocenters. The van der Waals surface area contributed by atoms with Gasteiger partial charge < -0.3 is 15.3 Å². The lowest BCUT2D eigenvalue weighted by Crippen LogP contribution is -2.49. The highest BCUT2D eigenvalue weighted by Gasteiger charge is 2.19. The van der Waals surface area contributed by atoms with Crippen molar-refractivity contribution in [2.24, 2.45) is 0 Å². The number of hydrogen-bond acceptors (Lipinski definition) is 3. The minimum absolute atomic E-state index is 0.257. The maximum absolute atomic E-state index is 12.9. The Balaban J connectivity index is 1.49. The van der Waals surface area contributed by atoms with Crippen molar-refractivity contribution < 1.29 is 9.50 Å². The molecule has 126 valence electrons. The van der Waals surface area contributed by atoms with Crippen LogP contribution >= 0.6 is 12.2 Å². The van der Waals surface area contributed by atoms with Gasteiger partial charge in [0, 0.05) is 38.4 Å². The molecule has 0 atom stereocenters. The number of anilines is 1. The molecule has 4 nitrogen and oxygen atoms in total. The van der Waals surface area contributed by atoms with E-state index in [1.165, 1.54) is 12.1 Å². The summed E-state index contributed by atoms with van der Waals surface area (Å²) >= 11 is 5.44. The number of nitrogens with zero attached hydrogens (tertiary/aromatic N) is 2. The van der Waals surface area contributed by atoms with Gasteiger partial charge in [0.2, 0.25) is 0 Å². The van der Waals surface area contributed by atoms with Crippen molar-refractivity contribution in [1.82, 2.24) is 9.80 Å². The number of nitrogens with one attached hydrogen (secondary N) is 1. The fourth-order valence-electron chi connectivity index (χ4n) is 2.76. The number of benzene rings is 2. The maximum atomic E-state index is 12.9. The molecule has 1 aliphatic rings. The highest BCUT2D eigenvalue weighted by atomic mass is 32.1. The van der Waals surface area contributed by atoms with E-state index in [4.69, 9.17) is 12.2 Å². The third-order valence-electron chi connectivity index (χ3n) is 4.07. The van der Waals surface area contributed by atoms with Gasteiger partial charge in [-0.3, -0.25) is 4.90 Å². The SMILES string of the molecule is Oc1cccc(CN2CCN(C(=S)Nc3ccc(F)cc3)CC2)c1. The lowest BCUT2D eigenvalue weighted by molar-refractivity contribution is 0.177. The zero-order valence-corrected chi connectivity index (χ0v) is 14.1. The lowest BCUT2D eigenvalue weighted by Gasteiger charge is -2.36. The van der Waals surface area contributed by atoms with Crippen molar-refractivity contribution >= 4 is 23.0 Å². The first-order chi connectivity index (χ1) is 11.6. The van der Waals surface area contributed by atoms with Crippen LogP contribution in [0.3, 0.4) is 0 Å². The second kappa shape index (κ2) is 7.59. The van der Waals surface area contributed by atoms with Crippen molar-refractivity contribution in [3.63, 3.8) is 0 Å². The second-order valence-corrected chi connectivity index (χ2v) is 6.26. The highest BCUT2D eigenvalue weighted by Crippen LogP contribution is 2.15. The fraction of sp³-hybridized carbons (Fsp3) is 0.278. The van der Waals surface area contributed by atoms with Gasteiger partial charge in [-0.05, 0) is 54.2 Å². The summed E-state index contributed by atoms with van der Waals surface area (Å²) in [5.74, 6) is 0.0443. The van der Waals surface area contributed by atoms with Gasteiger partial charge in [-0.15, -0.1) is 0 Å². The summed E-state index contributed by atoms with van der Waals surface area (Å²) < 4.78 is 12.9. The maximum Gasteiger partial charge on any atom is 0.173 e. The van der Waals surface area contributed by atoms with Crippen molar-refractivity contribution in [3.05, 3.63) is 59.9 Å². The molecule has 0 amide bonds. The molecule has 3 rings (SSSR count). The fourth-order valence-corrected chi connectivity index (χ4v) is 3.06. The van der Waals surface area contributed by atoms with Crippen molar-refractivity contribution in [2.45, 2.75) is 6.54 Å². The van der Waals surface area contributed by atoms with E-state index in [0.29, 0.717) is 10.9 Å². The van der Waals surface area contributed by atoms with E-state index >= 15 is 0 Å². The van der Waals surface area contributed by atoms with Gasteiger partial charge in [-0.2, -0.15) is 0 Å². The molecular formula is C18H20FN3OS. The number of piperazine rings is 1. The van der Waals surface area contributed by atoms with Crippen LogP contribution in [0.5, 0.6) is 5.75 Å². The Hall–Kier alpha value is -2.18. The summed E-state index contributed by atoms with van der Waals surface area (Å²) in [5, 5.41) is 13.4. The third kappa shape index (κ3) is 4.43. The van der Waals surface area contributed by atoms with E-state index in [-0.39, 0.29) is 5.82 Å². The van der Waals surface area contributed by atoms with E-state index < -0.39 is 0 Å². The number of halogens is 1. The molecule has 0 saturated carbocycles. The Bertz CT molecular complexity index is 700. The number of phenols is 1. The Kier molecular flexibility index (Phi) is 5.27. The summed E-state index contributed by atoms with van der Waals surface area (Å²) in [6, 6.07) is 13.6. The summed E-state index contributed by atoms with van der Waals surface area (Å²) in [6.07, 6.45) is 0. The molecule has 1 heterocycles. The van der Waals surface area contributed by atoms with Crippen molar-refractivity contribution in [2.75, 3.05) is 31.5 Å². The van der Waals surface area contributed by atoms with Crippen molar-refractivity contribution in [1.29, 1.82) is 0 Å². The van der Waals surface area contributed by atoms with E-state index in [1.54, 1.807) is 24.3 Å². The summed E-state index contributed by atoms with van der Waals surface area (Å²) in [4.78, 5) is 4.46. The quantitative estimate of drug-likeness (QED) is 0.837. The molecule has 0 bridgehead atoms. The lowest BCUT2D eigenvalue weighted by atomic mass is 10.2. The molecule has 1 aliphatic heterocycles. The van der Waals surface area contributed by atoms with Crippen LogP contribution in [0.15, 0.2) is 48.5 Å². The molecule has 6 heteroatoms. The molecule has 2 N–H and O–H groups in total. The van der Waals surface area contributed by atoms with Crippen LogP contribution in [-0.2, 0) is 6.54 Å². The molecule has 2 aromatic carbocycles. The normalized spacial score (nSPS) is 15.3. The number of phenolic OH excluding ortho intramolecular Hbond substituents is 1. The van der Waals surface area contributed by atoms with Gasteiger partial charge in [-0.25, -0.2) is 4.39 Å². The van der Waals surface area contributed by atoms with E-state index in [2.05, 4.69) is 15.1 Å². The zero-order valence-electron chi connectivity index (χ0n) is 13.3. The van der Waals surface area contributed by atoms with Gasteiger partial charge in [0.1, 0.15) is 11.6 Å². The third-order valence-corrected chi connectivity index (χ3v) is 4.43. The molecule has 2 aromatic rings. The first kappa shape index (κ1) is 16.7. The predicted molar refractivity (Wildman–Crippen MR) is 97.6 cm³/mol. The monoisotopic (exact) mass is 345 g/mol. The minimum Gasteiger partial charge on any atom is -0.508 e. The standard InChI is InChI=1S/C18H20FN3OS/c19-15-4-6-16(7-5-15)20-18(24)22-10-8-21(9-11-22)13-14-2-1-3-17(23)12-14/h1-7,12,23H,8-11,13H2,(H,20,24). The highest BCUT2D eigenvalue weighted by molar-refractivity contribution is 7.80. The Morgan fingerprint density at radius 3 is 2.46 bits per heavy atom. The van der Waals surface area contributed by atoms with Crippen molar-refractivity contribution in [3.8, 4) is 5.75 Å². The first-order valence-corrected chi connectivity index (χ1v) is 8.33. The number of aromatic hydroxyl groups is 1. The molecule has 24 heavy (non-hydrogen) atoms. The van der Waals surface area contributed by atoms with Gasteiger partial charge in [0.25, 0.3) is 0 Å². The molecule has 0 spiro atoms. The van der Waals surface area contributed by atoms with Crippen LogP contribution in [0.1, 0.15) is 5.56 Å². The summed E-state index contributed by atoms with van der Waals surface area (Å²) in [6.45, 7) is 4.31. The Morgan fingerprint density at radius 2 is 1.79 bits per heavy atom. The van der Waals surface area contributed by atoms with Gasteiger partial charge in [0.05, 0.1) is 0 Å². The number of thiocarbonyl (C=S) groups is 1. The van der Waals surface area contributed by atoms with Gasteiger partial charge in [0.15, 0.2) is 5.11 Å². The average molecular weight is 345 g/mol. The van der Waals surface area contributed by atoms with E-state index in [1.807, 2.05) is 12.1 Å². The van der Waals surface area contributed by atoms with Crippen LogP contribution in [-0.4, -0.2) is 46.2 Å². The minimum atomic E-state index is -0.257. The second-order valence-electron chi connectivity index (χ2n) is 5.87. The molecule has 1 saturated heterocycles. The van der Waals surface area contributed by atoms with Crippen LogP contribution in [0.2, 0.25) is 0 Å². The largest absolute Gasteiger partial charge is 0.508 e. The van der Waals surface area contributed by atoms with E-state index in [9.17, 15) is 9.50 Å². The van der Waals surface area contributed by atoms with Crippen LogP contribution < -0.4 is 5.32 Å². The first-order valence-electron chi connectivity index (χ1n) is 7.92. The topological polar surface area (TPSA) is 38.7 Å². The predicted octanol–water partition coefficient (Wildman–Crippen LogP) is 3.05. The Morgan fingerprint density at radius 1 is 1.08 bits per heavy atom. The van der Waals surface area contributed by atoms with Crippen LogP contribution in [0.25, 0.3) is 0 Å². The molecule has 0 aliphatic carbocycles. The van der Waals surface area contributed by atoms with Crippen LogP contribution in [0.4, 0.5) is 10.1 Å². The average Bonchev–Trinajstić information content (AvgIpc) is 2.57. The summed E-state index contributed by atoms with van der Waals surface area (Å²) in [7, 11) is 0.